The average molecular weight is 190 g/mol. The molecule has 2 rings (SSSR count). The minimum absolute atomic E-state index is 0.663. The van der Waals surface area contributed by atoms with Crippen molar-refractivity contribution in [1.82, 2.24) is 4.90 Å². The van der Waals surface area contributed by atoms with Gasteiger partial charge in [-0.15, -0.1) is 0 Å². The molecule has 1 aromatic rings. The van der Waals surface area contributed by atoms with E-state index in [0.717, 1.165) is 19.6 Å². The minimum atomic E-state index is 0.663. The highest BCUT2D eigenvalue weighted by atomic mass is 15.1. The molecule has 1 atom stereocenters. The molecule has 0 saturated carbocycles. The predicted octanol–water partition coefficient (Wildman–Crippen LogP) is 2.15. The number of anilines is 1. The topological polar surface area (TPSA) is 15.3 Å². The largest absolute Gasteiger partial charge is 0.384 e. The van der Waals surface area contributed by atoms with Crippen LogP contribution < -0.4 is 5.32 Å². The highest BCUT2D eigenvalue weighted by molar-refractivity contribution is 5.57. The second-order valence-electron chi connectivity index (χ2n) is 4.02. The lowest BCUT2D eigenvalue weighted by atomic mass is 10.0. The molecule has 1 unspecified atom stereocenters. The van der Waals surface area contributed by atoms with Gasteiger partial charge in [-0.05, 0) is 25.2 Å². The summed E-state index contributed by atoms with van der Waals surface area (Å²) >= 11 is 0. The van der Waals surface area contributed by atoms with Gasteiger partial charge in [-0.3, -0.25) is 0 Å². The fourth-order valence-corrected chi connectivity index (χ4v) is 2.03. The zero-order chi connectivity index (χ0) is 9.97. The number of benzene rings is 1. The van der Waals surface area contributed by atoms with Gasteiger partial charge in [0.15, 0.2) is 0 Å². The molecule has 1 N–H and O–H groups in total. The van der Waals surface area contributed by atoms with Crippen molar-refractivity contribution in [2.45, 2.75) is 12.8 Å². The standard InChI is InChI=1S/C12H18N2/c1-3-14(2)9-10-8-13-12-7-5-4-6-11(10)12/h4-7,10,13H,3,8-9H2,1-2H3. The number of hydrogen-bond donors (Lipinski definition) is 1. The Balaban J connectivity index is 2.10. The van der Waals surface area contributed by atoms with Gasteiger partial charge in [0.2, 0.25) is 0 Å². The van der Waals surface area contributed by atoms with Crippen molar-refractivity contribution in [3.63, 3.8) is 0 Å². The van der Waals surface area contributed by atoms with Crippen LogP contribution in [-0.4, -0.2) is 31.6 Å². The van der Waals surface area contributed by atoms with E-state index in [1.165, 1.54) is 11.3 Å². The van der Waals surface area contributed by atoms with Crippen molar-refractivity contribution < 1.29 is 0 Å². The molecule has 1 aromatic carbocycles. The molecular formula is C12H18N2. The van der Waals surface area contributed by atoms with Gasteiger partial charge in [0.05, 0.1) is 0 Å². The van der Waals surface area contributed by atoms with Crippen LogP contribution in [0.1, 0.15) is 18.4 Å². The van der Waals surface area contributed by atoms with E-state index in [-0.39, 0.29) is 0 Å². The van der Waals surface area contributed by atoms with Crippen molar-refractivity contribution in [2.24, 2.45) is 0 Å². The van der Waals surface area contributed by atoms with Crippen molar-refractivity contribution in [2.75, 3.05) is 32.0 Å². The highest BCUT2D eigenvalue weighted by Crippen LogP contribution is 2.31. The molecule has 0 bridgehead atoms. The predicted molar refractivity (Wildman–Crippen MR) is 60.8 cm³/mol. The van der Waals surface area contributed by atoms with E-state index >= 15 is 0 Å². The van der Waals surface area contributed by atoms with Crippen molar-refractivity contribution in [1.29, 1.82) is 0 Å². The zero-order valence-corrected chi connectivity index (χ0v) is 8.96. The summed E-state index contributed by atoms with van der Waals surface area (Å²) in [5, 5.41) is 3.45. The van der Waals surface area contributed by atoms with Gasteiger partial charge in [-0.25, -0.2) is 0 Å². The maximum atomic E-state index is 3.45. The number of para-hydroxylation sites is 1. The number of nitrogens with zero attached hydrogens (tertiary/aromatic N) is 1. The zero-order valence-electron chi connectivity index (χ0n) is 8.96. The summed E-state index contributed by atoms with van der Waals surface area (Å²) < 4.78 is 0. The maximum absolute atomic E-state index is 3.45. The van der Waals surface area contributed by atoms with Crippen LogP contribution >= 0.6 is 0 Å². The van der Waals surface area contributed by atoms with E-state index in [9.17, 15) is 0 Å². The van der Waals surface area contributed by atoms with E-state index in [1.54, 1.807) is 0 Å². The molecule has 1 aliphatic rings. The molecule has 0 aliphatic carbocycles. The van der Waals surface area contributed by atoms with Crippen LogP contribution in [0.5, 0.6) is 0 Å². The van der Waals surface area contributed by atoms with Crippen LogP contribution in [0, 0.1) is 0 Å². The van der Waals surface area contributed by atoms with Gasteiger partial charge < -0.3 is 10.2 Å². The Bertz CT molecular complexity index is 309. The van der Waals surface area contributed by atoms with Crippen LogP contribution in [0.2, 0.25) is 0 Å². The quantitative estimate of drug-likeness (QED) is 0.785. The molecule has 0 spiro atoms. The van der Waals surface area contributed by atoms with Crippen molar-refractivity contribution in [3.05, 3.63) is 29.8 Å². The number of likely N-dealkylation sites (N-methyl/N-ethyl adjacent to an activating group) is 1. The Morgan fingerprint density at radius 2 is 2.21 bits per heavy atom. The Kier molecular flexibility index (Phi) is 2.73. The lowest BCUT2D eigenvalue weighted by Crippen LogP contribution is -2.25. The van der Waals surface area contributed by atoms with Gasteiger partial charge >= 0.3 is 0 Å². The normalized spacial score (nSPS) is 19.5. The fourth-order valence-electron chi connectivity index (χ4n) is 2.03. The first-order valence-corrected chi connectivity index (χ1v) is 5.32. The maximum Gasteiger partial charge on any atom is 0.0376 e. The Morgan fingerprint density at radius 3 is 3.00 bits per heavy atom. The first-order chi connectivity index (χ1) is 6.81. The SMILES string of the molecule is CCN(C)CC1CNc2ccccc21. The summed E-state index contributed by atoms with van der Waals surface area (Å²) in [6.45, 7) is 5.57. The first kappa shape index (κ1) is 9.53. The van der Waals surface area contributed by atoms with Gasteiger partial charge in [0.1, 0.15) is 0 Å². The van der Waals surface area contributed by atoms with E-state index in [1.807, 2.05) is 0 Å². The molecule has 0 aromatic heterocycles. The molecular weight excluding hydrogens is 172 g/mol. The molecule has 0 radical (unpaired) electrons. The molecule has 0 fully saturated rings. The second-order valence-corrected chi connectivity index (χ2v) is 4.02. The highest BCUT2D eigenvalue weighted by Gasteiger charge is 2.21. The summed E-state index contributed by atoms with van der Waals surface area (Å²) in [4.78, 5) is 2.37. The summed E-state index contributed by atoms with van der Waals surface area (Å²) in [7, 11) is 2.18. The molecule has 2 heteroatoms. The Morgan fingerprint density at radius 1 is 1.43 bits per heavy atom. The number of nitrogens with one attached hydrogen (secondary N) is 1. The molecule has 14 heavy (non-hydrogen) atoms. The molecule has 0 saturated heterocycles. The molecule has 1 aliphatic heterocycles. The van der Waals surface area contributed by atoms with Gasteiger partial charge in [0.25, 0.3) is 0 Å². The van der Waals surface area contributed by atoms with E-state index in [0.29, 0.717) is 5.92 Å². The Hall–Kier alpha value is -1.02. The first-order valence-electron chi connectivity index (χ1n) is 5.32. The lowest BCUT2D eigenvalue weighted by Gasteiger charge is -2.18. The van der Waals surface area contributed by atoms with Gasteiger partial charge in [-0.2, -0.15) is 0 Å². The molecule has 76 valence electrons. The fraction of sp³-hybridized carbons (Fsp3) is 0.500. The van der Waals surface area contributed by atoms with E-state index < -0.39 is 0 Å². The van der Waals surface area contributed by atoms with E-state index in [2.05, 4.69) is 48.5 Å². The molecule has 2 nitrogen and oxygen atoms in total. The van der Waals surface area contributed by atoms with E-state index in [4.69, 9.17) is 0 Å². The van der Waals surface area contributed by atoms with Gasteiger partial charge in [0, 0.05) is 24.7 Å². The smallest absolute Gasteiger partial charge is 0.0376 e. The van der Waals surface area contributed by atoms with Crippen LogP contribution in [-0.2, 0) is 0 Å². The van der Waals surface area contributed by atoms with Crippen LogP contribution in [0.3, 0.4) is 0 Å². The third kappa shape index (κ3) is 1.75. The van der Waals surface area contributed by atoms with Crippen LogP contribution in [0.4, 0.5) is 5.69 Å². The minimum Gasteiger partial charge on any atom is -0.384 e. The molecule has 1 heterocycles. The van der Waals surface area contributed by atoms with Crippen molar-refractivity contribution in [3.8, 4) is 0 Å². The number of rotatable bonds is 3. The molecule has 0 amide bonds. The Labute approximate surface area is 85.9 Å². The third-order valence-corrected chi connectivity index (χ3v) is 3.01. The van der Waals surface area contributed by atoms with Crippen molar-refractivity contribution >= 4 is 5.69 Å². The van der Waals surface area contributed by atoms with Gasteiger partial charge in [-0.1, -0.05) is 25.1 Å². The summed E-state index contributed by atoms with van der Waals surface area (Å²) in [6.07, 6.45) is 0. The third-order valence-electron chi connectivity index (χ3n) is 3.01. The summed E-state index contributed by atoms with van der Waals surface area (Å²) in [5.41, 5.74) is 2.80. The monoisotopic (exact) mass is 190 g/mol. The summed E-state index contributed by atoms with van der Waals surface area (Å²) in [6, 6.07) is 8.63. The average Bonchev–Trinajstić information content (AvgIpc) is 2.62. The number of fused-ring (bicyclic) bond motifs is 1. The lowest BCUT2D eigenvalue weighted by molar-refractivity contribution is 0.333. The van der Waals surface area contributed by atoms with Crippen LogP contribution in [0.15, 0.2) is 24.3 Å². The second kappa shape index (κ2) is 4.01. The summed E-state index contributed by atoms with van der Waals surface area (Å²) in [5.74, 6) is 0.663. The number of hydrogen-bond acceptors (Lipinski definition) is 2. The van der Waals surface area contributed by atoms with Crippen LogP contribution in [0.25, 0.3) is 0 Å².